The number of hydrogen-bond acceptors (Lipinski definition) is 2. The Balaban J connectivity index is 2.93. The second-order valence-electron chi connectivity index (χ2n) is 4.47. The van der Waals surface area contributed by atoms with Gasteiger partial charge in [0.15, 0.2) is 0 Å². The summed E-state index contributed by atoms with van der Waals surface area (Å²) < 4.78 is 0. The summed E-state index contributed by atoms with van der Waals surface area (Å²) in [5.74, 6) is 0. The first-order valence-corrected chi connectivity index (χ1v) is 5.76. The van der Waals surface area contributed by atoms with Crippen LogP contribution in [0.4, 0.5) is 0 Å². The van der Waals surface area contributed by atoms with E-state index in [0.717, 1.165) is 24.9 Å². The number of nitrogens with zero attached hydrogens (tertiary/aromatic N) is 2. The van der Waals surface area contributed by atoms with E-state index in [1.165, 1.54) is 0 Å². The highest BCUT2D eigenvalue weighted by Crippen LogP contribution is 2.30. The maximum atomic E-state index is 9.47. The van der Waals surface area contributed by atoms with Gasteiger partial charge in [-0.1, -0.05) is 37.3 Å². The molecule has 0 heterocycles. The summed E-state index contributed by atoms with van der Waals surface area (Å²) >= 11 is 0. The van der Waals surface area contributed by atoms with Crippen LogP contribution in [0.1, 0.15) is 25.3 Å². The highest BCUT2D eigenvalue weighted by atomic mass is 15.0. The van der Waals surface area contributed by atoms with Crippen LogP contribution < -0.4 is 0 Å². The van der Waals surface area contributed by atoms with Crippen LogP contribution in [-0.4, -0.2) is 25.5 Å². The lowest BCUT2D eigenvalue weighted by Crippen LogP contribution is -2.28. The normalized spacial score (nSPS) is 14.4. The molecule has 0 spiro atoms. The summed E-state index contributed by atoms with van der Waals surface area (Å²) in [5, 5.41) is 9.47. The van der Waals surface area contributed by atoms with E-state index in [1.807, 2.05) is 32.3 Å². The van der Waals surface area contributed by atoms with Crippen molar-refractivity contribution in [2.45, 2.75) is 25.2 Å². The number of nitriles is 1. The van der Waals surface area contributed by atoms with Crippen molar-refractivity contribution in [3.63, 3.8) is 0 Å². The Hall–Kier alpha value is -1.33. The predicted octanol–water partition coefficient (Wildman–Crippen LogP) is 2.81. The summed E-state index contributed by atoms with van der Waals surface area (Å²) in [5.41, 5.74) is 0.813. The third kappa shape index (κ3) is 2.84. The molecule has 1 atom stereocenters. The Bertz CT molecular complexity index is 351. The molecule has 1 aromatic carbocycles. The van der Waals surface area contributed by atoms with Crippen LogP contribution in [0.2, 0.25) is 0 Å². The van der Waals surface area contributed by atoms with Gasteiger partial charge >= 0.3 is 0 Å². The van der Waals surface area contributed by atoms with Crippen LogP contribution in [0.25, 0.3) is 0 Å². The van der Waals surface area contributed by atoms with Gasteiger partial charge < -0.3 is 4.90 Å². The number of rotatable bonds is 5. The van der Waals surface area contributed by atoms with Crippen LogP contribution in [0.5, 0.6) is 0 Å². The molecule has 0 aliphatic rings. The van der Waals surface area contributed by atoms with Crippen molar-refractivity contribution >= 4 is 0 Å². The minimum Gasteiger partial charge on any atom is -0.309 e. The van der Waals surface area contributed by atoms with Crippen LogP contribution in [-0.2, 0) is 5.41 Å². The molecule has 0 radical (unpaired) electrons. The molecule has 86 valence electrons. The van der Waals surface area contributed by atoms with E-state index in [2.05, 4.69) is 30.0 Å². The van der Waals surface area contributed by atoms with Gasteiger partial charge in [0.05, 0.1) is 11.5 Å². The molecule has 0 aliphatic carbocycles. The Labute approximate surface area is 98.5 Å². The first kappa shape index (κ1) is 12.7. The van der Waals surface area contributed by atoms with Crippen LogP contribution in [0.15, 0.2) is 30.3 Å². The first-order chi connectivity index (χ1) is 7.64. The number of benzene rings is 1. The molecule has 2 heteroatoms. The maximum absolute atomic E-state index is 9.47. The van der Waals surface area contributed by atoms with Gasteiger partial charge in [-0.2, -0.15) is 5.26 Å². The maximum Gasteiger partial charge on any atom is 0.0831 e. The molecule has 0 saturated heterocycles. The van der Waals surface area contributed by atoms with Crippen molar-refractivity contribution < 1.29 is 0 Å². The lowest BCUT2D eigenvalue weighted by molar-refractivity contribution is 0.347. The van der Waals surface area contributed by atoms with Gasteiger partial charge in [0.2, 0.25) is 0 Å². The van der Waals surface area contributed by atoms with Gasteiger partial charge in [-0.3, -0.25) is 0 Å². The molecule has 1 unspecified atom stereocenters. The zero-order valence-corrected chi connectivity index (χ0v) is 10.4. The topological polar surface area (TPSA) is 27.0 Å². The van der Waals surface area contributed by atoms with Gasteiger partial charge in [0.25, 0.3) is 0 Å². The fraction of sp³-hybridized carbons (Fsp3) is 0.500. The van der Waals surface area contributed by atoms with Crippen molar-refractivity contribution in [1.82, 2.24) is 4.90 Å². The van der Waals surface area contributed by atoms with Gasteiger partial charge in [-0.15, -0.1) is 0 Å². The second-order valence-corrected chi connectivity index (χ2v) is 4.47. The van der Waals surface area contributed by atoms with E-state index >= 15 is 0 Å². The average molecular weight is 216 g/mol. The Morgan fingerprint density at radius 2 is 1.88 bits per heavy atom. The second kappa shape index (κ2) is 5.67. The lowest BCUT2D eigenvalue weighted by atomic mass is 9.76. The van der Waals surface area contributed by atoms with Crippen LogP contribution in [0, 0.1) is 11.3 Å². The van der Waals surface area contributed by atoms with E-state index in [9.17, 15) is 5.26 Å². The summed E-state index contributed by atoms with van der Waals surface area (Å²) in [4.78, 5) is 2.13. The third-order valence-corrected chi connectivity index (χ3v) is 3.13. The minimum atomic E-state index is -0.328. The molecule has 1 rings (SSSR count). The van der Waals surface area contributed by atoms with Gasteiger partial charge in [-0.25, -0.2) is 0 Å². The predicted molar refractivity (Wildman–Crippen MR) is 67.2 cm³/mol. The largest absolute Gasteiger partial charge is 0.309 e. The SMILES string of the molecule is CCC(C#N)(CCN(C)C)c1ccccc1. The van der Waals surface area contributed by atoms with Gasteiger partial charge in [0.1, 0.15) is 0 Å². The Morgan fingerprint density at radius 3 is 2.31 bits per heavy atom. The molecule has 0 bridgehead atoms. The highest BCUT2D eigenvalue weighted by molar-refractivity contribution is 5.32. The molecule has 0 fully saturated rings. The Morgan fingerprint density at radius 1 is 1.25 bits per heavy atom. The van der Waals surface area contributed by atoms with E-state index in [4.69, 9.17) is 0 Å². The summed E-state index contributed by atoms with van der Waals surface area (Å²) in [6.45, 7) is 3.03. The van der Waals surface area contributed by atoms with Gasteiger partial charge in [-0.05, 0) is 39.0 Å². The fourth-order valence-corrected chi connectivity index (χ4v) is 1.90. The molecule has 1 aromatic rings. The molecule has 0 aliphatic heterocycles. The monoisotopic (exact) mass is 216 g/mol. The van der Waals surface area contributed by atoms with E-state index in [1.54, 1.807) is 0 Å². The van der Waals surface area contributed by atoms with Crippen molar-refractivity contribution in [3.05, 3.63) is 35.9 Å². The number of hydrogen-bond donors (Lipinski definition) is 0. The Kier molecular flexibility index (Phi) is 4.52. The van der Waals surface area contributed by atoms with Gasteiger partial charge in [0, 0.05) is 0 Å². The van der Waals surface area contributed by atoms with E-state index < -0.39 is 0 Å². The summed E-state index contributed by atoms with van der Waals surface area (Å²) in [6, 6.07) is 12.6. The molecular weight excluding hydrogens is 196 g/mol. The molecule has 0 saturated carbocycles. The third-order valence-electron chi connectivity index (χ3n) is 3.13. The van der Waals surface area contributed by atoms with Crippen molar-refractivity contribution in [2.24, 2.45) is 0 Å². The van der Waals surface area contributed by atoms with Crippen molar-refractivity contribution in [2.75, 3.05) is 20.6 Å². The van der Waals surface area contributed by atoms with Crippen molar-refractivity contribution in [3.8, 4) is 6.07 Å². The summed E-state index contributed by atoms with van der Waals surface area (Å²) in [6.07, 6.45) is 1.75. The fourth-order valence-electron chi connectivity index (χ4n) is 1.90. The molecule has 0 N–H and O–H groups in total. The van der Waals surface area contributed by atoms with E-state index in [-0.39, 0.29) is 5.41 Å². The first-order valence-electron chi connectivity index (χ1n) is 5.76. The van der Waals surface area contributed by atoms with Crippen molar-refractivity contribution in [1.29, 1.82) is 5.26 Å². The lowest BCUT2D eigenvalue weighted by Gasteiger charge is -2.27. The summed E-state index contributed by atoms with van der Waals surface area (Å²) in [7, 11) is 4.09. The van der Waals surface area contributed by atoms with Crippen LogP contribution >= 0.6 is 0 Å². The zero-order valence-electron chi connectivity index (χ0n) is 10.4. The highest BCUT2D eigenvalue weighted by Gasteiger charge is 2.29. The molecule has 2 nitrogen and oxygen atoms in total. The molecule has 0 aromatic heterocycles. The van der Waals surface area contributed by atoms with E-state index in [0.29, 0.717) is 0 Å². The zero-order chi connectivity index (χ0) is 12.0. The average Bonchev–Trinajstić information content (AvgIpc) is 2.32. The molecule has 0 amide bonds. The standard InChI is InChI=1S/C14H20N2/c1-4-14(12-15,10-11-16(2)3)13-8-6-5-7-9-13/h5-9H,4,10-11H2,1-3H3. The smallest absolute Gasteiger partial charge is 0.0831 e. The van der Waals surface area contributed by atoms with Crippen LogP contribution in [0.3, 0.4) is 0 Å². The molecular formula is C14H20N2. The minimum absolute atomic E-state index is 0.328. The molecule has 16 heavy (non-hydrogen) atoms. The quantitative estimate of drug-likeness (QED) is 0.756.